The summed E-state index contributed by atoms with van der Waals surface area (Å²) in [6.07, 6.45) is 5.00. The van der Waals surface area contributed by atoms with Crippen molar-refractivity contribution in [3.63, 3.8) is 0 Å². The molecule has 0 spiro atoms. The van der Waals surface area contributed by atoms with E-state index in [0.717, 1.165) is 11.3 Å². The topological polar surface area (TPSA) is 34.1 Å². The SMILES string of the molecule is CCCC1=CC(=O)c2cc(SC)ccc2C1=O. The van der Waals surface area contributed by atoms with Gasteiger partial charge in [-0.25, -0.2) is 0 Å². The van der Waals surface area contributed by atoms with Gasteiger partial charge in [-0.05, 0) is 37.0 Å². The molecular weight excluding hydrogens is 232 g/mol. The number of fused-ring (bicyclic) bond motifs is 1. The van der Waals surface area contributed by atoms with E-state index in [9.17, 15) is 9.59 Å². The minimum Gasteiger partial charge on any atom is -0.289 e. The molecule has 0 radical (unpaired) electrons. The predicted molar refractivity (Wildman–Crippen MR) is 69.9 cm³/mol. The first-order chi connectivity index (χ1) is 8.17. The van der Waals surface area contributed by atoms with Crippen LogP contribution in [0.5, 0.6) is 0 Å². The fraction of sp³-hybridized carbons (Fsp3) is 0.286. The highest BCUT2D eigenvalue weighted by Gasteiger charge is 2.24. The molecule has 2 nitrogen and oxygen atoms in total. The zero-order valence-corrected chi connectivity index (χ0v) is 10.8. The summed E-state index contributed by atoms with van der Waals surface area (Å²) in [6, 6.07) is 5.47. The van der Waals surface area contributed by atoms with Gasteiger partial charge in [0.05, 0.1) is 0 Å². The first-order valence-corrected chi connectivity index (χ1v) is 6.87. The third kappa shape index (κ3) is 2.20. The van der Waals surface area contributed by atoms with Crippen molar-refractivity contribution in [2.45, 2.75) is 24.7 Å². The molecule has 0 saturated heterocycles. The Morgan fingerprint density at radius 2 is 1.94 bits per heavy atom. The van der Waals surface area contributed by atoms with E-state index in [0.29, 0.717) is 23.1 Å². The van der Waals surface area contributed by atoms with Gasteiger partial charge in [0.25, 0.3) is 0 Å². The summed E-state index contributed by atoms with van der Waals surface area (Å²) in [5, 5.41) is 0. The largest absolute Gasteiger partial charge is 0.289 e. The molecule has 88 valence electrons. The third-order valence-corrected chi connectivity index (χ3v) is 3.58. The molecule has 0 atom stereocenters. The Morgan fingerprint density at radius 3 is 2.59 bits per heavy atom. The molecule has 0 saturated carbocycles. The van der Waals surface area contributed by atoms with E-state index in [2.05, 4.69) is 0 Å². The van der Waals surface area contributed by atoms with Crippen LogP contribution in [0.15, 0.2) is 34.7 Å². The van der Waals surface area contributed by atoms with Crippen molar-refractivity contribution in [3.8, 4) is 0 Å². The second-order valence-electron chi connectivity index (χ2n) is 4.02. The second-order valence-corrected chi connectivity index (χ2v) is 4.90. The van der Waals surface area contributed by atoms with E-state index in [4.69, 9.17) is 0 Å². The Hall–Kier alpha value is -1.35. The lowest BCUT2D eigenvalue weighted by Crippen LogP contribution is -2.16. The van der Waals surface area contributed by atoms with E-state index < -0.39 is 0 Å². The molecule has 0 heterocycles. The summed E-state index contributed by atoms with van der Waals surface area (Å²) in [5.74, 6) is -0.0342. The average Bonchev–Trinajstić information content (AvgIpc) is 2.35. The highest BCUT2D eigenvalue weighted by atomic mass is 32.2. The number of benzene rings is 1. The lowest BCUT2D eigenvalue weighted by molar-refractivity contribution is 0.0981. The quantitative estimate of drug-likeness (QED) is 0.765. The molecule has 0 bridgehead atoms. The van der Waals surface area contributed by atoms with Gasteiger partial charge in [-0.15, -0.1) is 11.8 Å². The smallest absolute Gasteiger partial charge is 0.189 e. The Bertz CT molecular complexity index is 515. The fourth-order valence-corrected chi connectivity index (χ4v) is 2.42. The molecule has 0 aromatic heterocycles. The molecule has 17 heavy (non-hydrogen) atoms. The molecule has 0 N–H and O–H groups in total. The Kier molecular flexibility index (Phi) is 3.48. The number of allylic oxidation sites excluding steroid dienone is 2. The molecule has 1 aliphatic rings. The van der Waals surface area contributed by atoms with Gasteiger partial charge in [0.15, 0.2) is 11.6 Å². The van der Waals surface area contributed by atoms with Crippen molar-refractivity contribution in [3.05, 3.63) is 41.0 Å². The average molecular weight is 246 g/mol. The number of hydrogen-bond donors (Lipinski definition) is 0. The summed E-state index contributed by atoms with van der Waals surface area (Å²) in [4.78, 5) is 25.1. The predicted octanol–water partition coefficient (Wildman–Crippen LogP) is 3.51. The van der Waals surface area contributed by atoms with E-state index in [1.807, 2.05) is 19.2 Å². The van der Waals surface area contributed by atoms with Crippen LogP contribution in [-0.4, -0.2) is 17.8 Å². The van der Waals surface area contributed by atoms with Gasteiger partial charge in [0.1, 0.15) is 0 Å². The van der Waals surface area contributed by atoms with Crippen molar-refractivity contribution < 1.29 is 9.59 Å². The lowest BCUT2D eigenvalue weighted by Gasteiger charge is -2.15. The van der Waals surface area contributed by atoms with Crippen LogP contribution in [0.1, 0.15) is 40.5 Å². The van der Waals surface area contributed by atoms with Crippen LogP contribution in [0.2, 0.25) is 0 Å². The Balaban J connectivity index is 2.48. The molecule has 1 aliphatic carbocycles. The highest BCUT2D eigenvalue weighted by molar-refractivity contribution is 7.98. The molecule has 1 aromatic rings. The number of ketones is 2. The van der Waals surface area contributed by atoms with Crippen molar-refractivity contribution in [1.82, 2.24) is 0 Å². The molecule has 2 rings (SSSR count). The molecule has 0 fully saturated rings. The lowest BCUT2D eigenvalue weighted by atomic mass is 9.88. The number of hydrogen-bond acceptors (Lipinski definition) is 3. The van der Waals surface area contributed by atoms with Crippen molar-refractivity contribution >= 4 is 23.3 Å². The maximum Gasteiger partial charge on any atom is 0.189 e. The number of thioether (sulfide) groups is 1. The maximum atomic E-state index is 12.1. The Labute approximate surface area is 105 Å². The normalized spacial score (nSPS) is 14.6. The van der Waals surface area contributed by atoms with Crippen LogP contribution in [0.4, 0.5) is 0 Å². The maximum absolute atomic E-state index is 12.1. The molecule has 0 unspecified atom stereocenters. The highest BCUT2D eigenvalue weighted by Crippen LogP contribution is 2.27. The van der Waals surface area contributed by atoms with E-state index >= 15 is 0 Å². The number of carbonyl (C=O) groups is 2. The van der Waals surface area contributed by atoms with Crippen LogP contribution in [0.3, 0.4) is 0 Å². The number of Topliss-reactive ketones (excluding diaryl/α,β-unsaturated/α-hetero) is 1. The monoisotopic (exact) mass is 246 g/mol. The number of rotatable bonds is 3. The molecule has 3 heteroatoms. The summed E-state index contributed by atoms with van der Waals surface area (Å²) < 4.78 is 0. The van der Waals surface area contributed by atoms with E-state index in [1.54, 1.807) is 23.9 Å². The first-order valence-electron chi connectivity index (χ1n) is 5.65. The fourth-order valence-electron chi connectivity index (χ4n) is 1.98. The zero-order chi connectivity index (χ0) is 12.4. The summed E-state index contributed by atoms with van der Waals surface area (Å²) in [5.41, 5.74) is 1.74. The Morgan fingerprint density at radius 1 is 1.18 bits per heavy atom. The van der Waals surface area contributed by atoms with Crippen molar-refractivity contribution in [2.75, 3.05) is 6.26 Å². The third-order valence-electron chi connectivity index (χ3n) is 2.85. The van der Waals surface area contributed by atoms with Crippen LogP contribution in [0, 0.1) is 0 Å². The molecule has 1 aromatic carbocycles. The van der Waals surface area contributed by atoms with E-state index in [-0.39, 0.29) is 11.6 Å². The minimum atomic E-state index is -0.0426. The van der Waals surface area contributed by atoms with Gasteiger partial charge in [0.2, 0.25) is 0 Å². The number of carbonyl (C=O) groups excluding carboxylic acids is 2. The minimum absolute atomic E-state index is 0.00843. The standard InChI is InChI=1S/C14H14O2S/c1-3-4-9-7-13(15)12-8-10(17-2)5-6-11(12)14(9)16/h5-8H,3-4H2,1-2H3. The summed E-state index contributed by atoms with van der Waals surface area (Å²) in [6.45, 7) is 2.00. The summed E-state index contributed by atoms with van der Waals surface area (Å²) >= 11 is 1.57. The molecule has 0 aliphatic heterocycles. The molecular formula is C14H14O2S. The second kappa shape index (κ2) is 4.88. The van der Waals surface area contributed by atoms with Crippen LogP contribution in [0.25, 0.3) is 0 Å². The van der Waals surface area contributed by atoms with E-state index in [1.165, 1.54) is 6.08 Å². The van der Waals surface area contributed by atoms with Crippen LogP contribution >= 0.6 is 11.8 Å². The van der Waals surface area contributed by atoms with Crippen molar-refractivity contribution in [2.24, 2.45) is 0 Å². The van der Waals surface area contributed by atoms with Gasteiger partial charge in [0, 0.05) is 21.6 Å². The van der Waals surface area contributed by atoms with Gasteiger partial charge in [-0.3, -0.25) is 9.59 Å². The van der Waals surface area contributed by atoms with Crippen LogP contribution < -0.4 is 0 Å². The first kappa shape index (κ1) is 12.1. The van der Waals surface area contributed by atoms with Crippen LogP contribution in [-0.2, 0) is 0 Å². The van der Waals surface area contributed by atoms with Gasteiger partial charge in [-0.2, -0.15) is 0 Å². The zero-order valence-electron chi connectivity index (χ0n) is 9.95. The summed E-state index contributed by atoms with van der Waals surface area (Å²) in [7, 11) is 0. The van der Waals surface area contributed by atoms with Gasteiger partial charge < -0.3 is 0 Å². The van der Waals surface area contributed by atoms with Gasteiger partial charge >= 0.3 is 0 Å². The van der Waals surface area contributed by atoms with Gasteiger partial charge in [-0.1, -0.05) is 13.3 Å². The van der Waals surface area contributed by atoms with Crippen molar-refractivity contribution in [1.29, 1.82) is 0 Å². The molecule has 0 amide bonds.